The Kier molecular flexibility index (Phi) is 10.9. The molecule has 0 radical (unpaired) electrons. The number of carbonyl (C=O) groups is 2. The number of hydrogen-bond acceptors (Lipinski definition) is 3. The molecule has 1 atom stereocenters. The zero-order valence-electron chi connectivity index (χ0n) is 17.2. The van der Waals surface area contributed by atoms with Gasteiger partial charge in [0, 0.05) is 0 Å². The van der Waals surface area contributed by atoms with Gasteiger partial charge in [0.2, 0.25) is 0 Å². The van der Waals surface area contributed by atoms with Crippen molar-refractivity contribution in [3.05, 3.63) is 0 Å². The molecule has 0 spiro atoms. The third-order valence-corrected chi connectivity index (χ3v) is 5.72. The number of aliphatic carboxylic acids is 1. The highest BCUT2D eigenvalue weighted by atomic mass is 16.5. The molecule has 0 amide bonds. The van der Waals surface area contributed by atoms with Crippen molar-refractivity contribution in [3.63, 3.8) is 0 Å². The van der Waals surface area contributed by atoms with Crippen molar-refractivity contribution >= 4 is 11.9 Å². The summed E-state index contributed by atoms with van der Waals surface area (Å²) in [5.41, 5.74) is -1.29. The highest BCUT2D eigenvalue weighted by molar-refractivity contribution is 5.99. The van der Waals surface area contributed by atoms with E-state index >= 15 is 0 Å². The number of esters is 1. The fourth-order valence-electron chi connectivity index (χ4n) is 3.91. The molecule has 1 aliphatic rings. The quantitative estimate of drug-likeness (QED) is 0.242. The van der Waals surface area contributed by atoms with Crippen LogP contribution in [0, 0.1) is 11.3 Å². The Hall–Kier alpha value is -1.06. The number of unbranched alkanes of at least 4 members (excludes halogenated alkanes) is 4. The molecule has 0 bridgehead atoms. The van der Waals surface area contributed by atoms with Crippen molar-refractivity contribution in [3.8, 4) is 0 Å². The van der Waals surface area contributed by atoms with Crippen molar-refractivity contribution < 1.29 is 19.4 Å². The summed E-state index contributed by atoms with van der Waals surface area (Å²) in [5, 5.41) is 9.68. The van der Waals surface area contributed by atoms with Gasteiger partial charge in [-0.2, -0.15) is 0 Å². The lowest BCUT2D eigenvalue weighted by atomic mass is 9.74. The summed E-state index contributed by atoms with van der Waals surface area (Å²) in [4.78, 5) is 24.6. The zero-order chi connectivity index (χ0) is 19.4. The topological polar surface area (TPSA) is 63.6 Å². The lowest BCUT2D eigenvalue weighted by Gasteiger charge is -2.32. The number of carbonyl (C=O) groups excluding carboxylic acids is 1. The Balaban J connectivity index is 2.58. The maximum Gasteiger partial charge on any atom is 0.323 e. The summed E-state index contributed by atoms with van der Waals surface area (Å²) < 4.78 is 5.81. The molecule has 1 unspecified atom stereocenters. The van der Waals surface area contributed by atoms with Gasteiger partial charge in [0.15, 0.2) is 5.41 Å². The predicted molar refractivity (Wildman–Crippen MR) is 105 cm³/mol. The summed E-state index contributed by atoms with van der Waals surface area (Å²) in [7, 11) is 0. The number of carboxylic acids is 1. The first-order valence-corrected chi connectivity index (χ1v) is 10.9. The second-order valence-electron chi connectivity index (χ2n) is 8.50. The van der Waals surface area contributed by atoms with Crippen LogP contribution in [0.1, 0.15) is 111 Å². The second kappa shape index (κ2) is 12.3. The standard InChI is InChI=1S/C22H40O4/c1-4-5-8-14-19(15-10-6-9-13-18(2)3)26-21(25)22(20(23)24)16-11-7-12-17-22/h18-19H,4-17H2,1-3H3,(H,23,24). The molecular weight excluding hydrogens is 328 g/mol. The summed E-state index contributed by atoms with van der Waals surface area (Å²) in [5.74, 6) is -0.741. The van der Waals surface area contributed by atoms with Gasteiger partial charge in [-0.05, 0) is 44.4 Å². The SMILES string of the molecule is CCCCCC(CCCCCC(C)C)OC(=O)C1(C(=O)O)CCCCC1. The van der Waals surface area contributed by atoms with Crippen LogP contribution in [-0.2, 0) is 14.3 Å². The number of carboxylic acid groups (broad SMARTS) is 1. The summed E-state index contributed by atoms with van der Waals surface area (Å²) in [6, 6.07) is 0. The number of hydrogen-bond donors (Lipinski definition) is 1. The van der Waals surface area contributed by atoms with Gasteiger partial charge in [0.1, 0.15) is 6.10 Å². The Morgan fingerprint density at radius 3 is 2.04 bits per heavy atom. The Bertz CT molecular complexity index is 410. The van der Waals surface area contributed by atoms with Gasteiger partial charge in [-0.1, -0.05) is 72.1 Å². The summed E-state index contributed by atoms with van der Waals surface area (Å²) in [6.45, 7) is 6.64. The zero-order valence-corrected chi connectivity index (χ0v) is 17.2. The van der Waals surface area contributed by atoms with Crippen molar-refractivity contribution in [2.24, 2.45) is 11.3 Å². The molecule has 0 aromatic carbocycles. The monoisotopic (exact) mass is 368 g/mol. The van der Waals surface area contributed by atoms with E-state index in [1.165, 1.54) is 12.8 Å². The molecule has 4 nitrogen and oxygen atoms in total. The largest absolute Gasteiger partial charge is 0.480 e. The van der Waals surface area contributed by atoms with Crippen molar-refractivity contribution in [1.82, 2.24) is 0 Å². The van der Waals surface area contributed by atoms with Gasteiger partial charge in [-0.25, -0.2) is 0 Å². The van der Waals surface area contributed by atoms with Crippen LogP contribution in [0.25, 0.3) is 0 Å². The molecule has 0 aromatic heterocycles. The first-order valence-electron chi connectivity index (χ1n) is 10.9. The molecule has 1 aliphatic carbocycles. The first-order chi connectivity index (χ1) is 12.4. The van der Waals surface area contributed by atoms with E-state index in [0.29, 0.717) is 12.8 Å². The van der Waals surface area contributed by atoms with E-state index in [2.05, 4.69) is 20.8 Å². The molecule has 4 heteroatoms. The van der Waals surface area contributed by atoms with Gasteiger partial charge < -0.3 is 9.84 Å². The van der Waals surface area contributed by atoms with E-state index in [9.17, 15) is 14.7 Å². The van der Waals surface area contributed by atoms with Gasteiger partial charge in [0.25, 0.3) is 0 Å². The minimum atomic E-state index is -1.29. The van der Waals surface area contributed by atoms with Crippen LogP contribution in [0.2, 0.25) is 0 Å². The highest BCUT2D eigenvalue weighted by Crippen LogP contribution is 2.38. The van der Waals surface area contributed by atoms with E-state index in [0.717, 1.165) is 70.1 Å². The number of ether oxygens (including phenoxy) is 1. The molecule has 0 heterocycles. The van der Waals surface area contributed by atoms with Crippen LogP contribution >= 0.6 is 0 Å². The molecule has 26 heavy (non-hydrogen) atoms. The molecular formula is C22H40O4. The van der Waals surface area contributed by atoms with Gasteiger partial charge >= 0.3 is 11.9 Å². The lowest BCUT2D eigenvalue weighted by molar-refractivity contribution is -0.175. The van der Waals surface area contributed by atoms with Crippen LogP contribution < -0.4 is 0 Å². The summed E-state index contributed by atoms with van der Waals surface area (Å²) in [6.07, 6.45) is 13.0. The van der Waals surface area contributed by atoms with E-state index in [1.807, 2.05) is 0 Å². The van der Waals surface area contributed by atoms with E-state index in [4.69, 9.17) is 4.74 Å². The van der Waals surface area contributed by atoms with E-state index in [1.54, 1.807) is 0 Å². The van der Waals surface area contributed by atoms with E-state index in [-0.39, 0.29) is 6.10 Å². The average Bonchev–Trinajstić information content (AvgIpc) is 2.61. The molecule has 1 saturated carbocycles. The third kappa shape index (κ3) is 7.67. The molecule has 0 saturated heterocycles. The molecule has 0 aromatic rings. The Morgan fingerprint density at radius 2 is 1.50 bits per heavy atom. The third-order valence-electron chi connectivity index (χ3n) is 5.72. The minimum Gasteiger partial charge on any atom is -0.480 e. The predicted octanol–water partition coefficient (Wildman–Crippen LogP) is 6.12. The van der Waals surface area contributed by atoms with Gasteiger partial charge in [-0.3, -0.25) is 9.59 Å². The van der Waals surface area contributed by atoms with Crippen molar-refractivity contribution in [2.75, 3.05) is 0 Å². The minimum absolute atomic E-state index is 0.119. The molecule has 1 fully saturated rings. The van der Waals surface area contributed by atoms with Crippen LogP contribution in [0.3, 0.4) is 0 Å². The normalized spacial score (nSPS) is 17.8. The van der Waals surface area contributed by atoms with Gasteiger partial charge in [0.05, 0.1) is 0 Å². The van der Waals surface area contributed by atoms with Crippen molar-refractivity contribution in [2.45, 2.75) is 117 Å². The molecule has 152 valence electrons. The first kappa shape index (κ1) is 23.0. The van der Waals surface area contributed by atoms with Crippen LogP contribution in [0.4, 0.5) is 0 Å². The van der Waals surface area contributed by atoms with Crippen molar-refractivity contribution in [1.29, 1.82) is 0 Å². The van der Waals surface area contributed by atoms with Crippen LogP contribution in [0.15, 0.2) is 0 Å². The smallest absolute Gasteiger partial charge is 0.323 e. The van der Waals surface area contributed by atoms with Crippen LogP contribution in [-0.4, -0.2) is 23.1 Å². The second-order valence-corrected chi connectivity index (χ2v) is 8.50. The number of rotatable bonds is 13. The maximum absolute atomic E-state index is 12.8. The Morgan fingerprint density at radius 1 is 0.923 bits per heavy atom. The molecule has 1 N–H and O–H groups in total. The average molecular weight is 369 g/mol. The highest BCUT2D eigenvalue weighted by Gasteiger charge is 2.48. The molecule has 0 aliphatic heterocycles. The fourth-order valence-corrected chi connectivity index (χ4v) is 3.91. The van der Waals surface area contributed by atoms with Gasteiger partial charge in [-0.15, -0.1) is 0 Å². The lowest BCUT2D eigenvalue weighted by Crippen LogP contribution is -2.43. The van der Waals surface area contributed by atoms with Crippen LogP contribution in [0.5, 0.6) is 0 Å². The Labute approximate surface area is 160 Å². The maximum atomic E-state index is 12.8. The summed E-state index contributed by atoms with van der Waals surface area (Å²) >= 11 is 0. The molecule has 1 rings (SSSR count). The fraction of sp³-hybridized carbons (Fsp3) is 0.909. The van der Waals surface area contributed by atoms with E-state index < -0.39 is 17.4 Å².